The predicted molar refractivity (Wildman–Crippen MR) is 142 cm³/mol. The first-order valence-electron chi connectivity index (χ1n) is 11.8. The van der Waals surface area contributed by atoms with Crippen LogP contribution in [0.5, 0.6) is 17.4 Å². The molecular formula is C29H30N4O3. The van der Waals surface area contributed by atoms with Crippen LogP contribution >= 0.6 is 0 Å². The van der Waals surface area contributed by atoms with Gasteiger partial charge in [-0.15, -0.1) is 0 Å². The van der Waals surface area contributed by atoms with Crippen LogP contribution in [0.3, 0.4) is 0 Å². The predicted octanol–water partition coefficient (Wildman–Crippen LogP) is 6.83. The number of urea groups is 1. The SMILES string of the molecule is CC(C)(C)c1ccccc1Oc1ncccc1NC(=O)Nc1cccc(OCCc2ccncc2)c1. The van der Waals surface area contributed by atoms with Crippen molar-refractivity contribution < 1.29 is 14.3 Å². The van der Waals surface area contributed by atoms with Crippen molar-refractivity contribution in [3.8, 4) is 17.4 Å². The molecule has 0 radical (unpaired) electrons. The van der Waals surface area contributed by atoms with E-state index in [1.54, 1.807) is 42.9 Å². The van der Waals surface area contributed by atoms with E-state index in [-0.39, 0.29) is 5.41 Å². The summed E-state index contributed by atoms with van der Waals surface area (Å²) in [6.07, 6.45) is 5.93. The number of benzene rings is 2. The number of hydrogen-bond donors (Lipinski definition) is 2. The quantitative estimate of drug-likeness (QED) is 0.287. The number of para-hydroxylation sites is 1. The van der Waals surface area contributed by atoms with Crippen LogP contribution in [0.1, 0.15) is 31.9 Å². The Balaban J connectivity index is 1.39. The number of amides is 2. The van der Waals surface area contributed by atoms with Crippen molar-refractivity contribution in [2.45, 2.75) is 32.6 Å². The minimum atomic E-state index is -0.411. The van der Waals surface area contributed by atoms with Gasteiger partial charge in [0.2, 0.25) is 5.88 Å². The molecule has 0 saturated heterocycles. The van der Waals surface area contributed by atoms with Crippen LogP contribution in [0.4, 0.5) is 16.2 Å². The van der Waals surface area contributed by atoms with E-state index in [9.17, 15) is 4.79 Å². The Morgan fingerprint density at radius 3 is 2.50 bits per heavy atom. The first-order valence-corrected chi connectivity index (χ1v) is 11.8. The number of carbonyl (C=O) groups excluding carboxylic acids is 1. The summed E-state index contributed by atoms with van der Waals surface area (Å²) in [6, 6.07) is 22.1. The van der Waals surface area contributed by atoms with Crippen LogP contribution in [0.25, 0.3) is 0 Å². The summed E-state index contributed by atoms with van der Waals surface area (Å²) in [5.41, 5.74) is 3.16. The summed E-state index contributed by atoms with van der Waals surface area (Å²) < 4.78 is 12.0. The molecule has 2 heterocycles. The maximum Gasteiger partial charge on any atom is 0.323 e. The van der Waals surface area contributed by atoms with Crippen molar-refractivity contribution in [2.24, 2.45) is 0 Å². The Kier molecular flexibility index (Phi) is 7.80. The van der Waals surface area contributed by atoms with Gasteiger partial charge in [-0.05, 0) is 53.4 Å². The first-order chi connectivity index (χ1) is 17.4. The van der Waals surface area contributed by atoms with E-state index in [1.807, 2.05) is 48.5 Å². The van der Waals surface area contributed by atoms with Crippen molar-refractivity contribution in [1.29, 1.82) is 0 Å². The second kappa shape index (κ2) is 11.4. The molecule has 184 valence electrons. The number of aromatic nitrogens is 2. The fourth-order valence-corrected chi connectivity index (χ4v) is 3.63. The maximum atomic E-state index is 12.8. The van der Waals surface area contributed by atoms with Gasteiger partial charge in [0.1, 0.15) is 17.2 Å². The summed E-state index contributed by atoms with van der Waals surface area (Å²) in [7, 11) is 0. The van der Waals surface area contributed by atoms with Gasteiger partial charge < -0.3 is 20.1 Å². The van der Waals surface area contributed by atoms with E-state index in [0.717, 1.165) is 17.5 Å². The minimum absolute atomic E-state index is 0.109. The number of nitrogens with zero attached hydrogens (tertiary/aromatic N) is 2. The highest BCUT2D eigenvalue weighted by atomic mass is 16.5. The van der Waals surface area contributed by atoms with Crippen LogP contribution in [0.15, 0.2) is 91.4 Å². The highest BCUT2D eigenvalue weighted by molar-refractivity contribution is 6.00. The lowest BCUT2D eigenvalue weighted by atomic mass is 9.86. The molecule has 2 aromatic carbocycles. The average molecular weight is 483 g/mol. The third-order valence-corrected chi connectivity index (χ3v) is 5.42. The molecule has 4 aromatic rings. The van der Waals surface area contributed by atoms with Crippen LogP contribution in [0, 0.1) is 0 Å². The number of rotatable bonds is 8. The molecule has 36 heavy (non-hydrogen) atoms. The standard InChI is InChI=1S/C29H30N4O3/c1-29(2,3)24-10-4-5-12-26(24)36-27-25(11-7-16-31-27)33-28(34)32-22-8-6-9-23(20-22)35-19-15-21-13-17-30-18-14-21/h4-14,16-18,20H,15,19H2,1-3H3,(H2,32,33,34). The number of pyridine rings is 2. The topological polar surface area (TPSA) is 85.4 Å². The lowest BCUT2D eigenvalue weighted by Gasteiger charge is -2.22. The molecule has 2 N–H and O–H groups in total. The monoisotopic (exact) mass is 482 g/mol. The molecule has 0 aliphatic heterocycles. The van der Waals surface area contributed by atoms with Gasteiger partial charge in [-0.1, -0.05) is 45.0 Å². The smallest absolute Gasteiger partial charge is 0.323 e. The highest BCUT2D eigenvalue weighted by Gasteiger charge is 2.20. The van der Waals surface area contributed by atoms with E-state index in [0.29, 0.717) is 35.4 Å². The highest BCUT2D eigenvalue weighted by Crippen LogP contribution is 2.35. The zero-order chi connectivity index (χ0) is 25.4. The molecule has 0 bridgehead atoms. The van der Waals surface area contributed by atoms with Crippen LogP contribution in [0.2, 0.25) is 0 Å². The number of nitrogens with one attached hydrogen (secondary N) is 2. The zero-order valence-electron chi connectivity index (χ0n) is 20.7. The molecule has 0 spiro atoms. The van der Waals surface area contributed by atoms with Crippen molar-refractivity contribution in [3.05, 3.63) is 103 Å². The fourth-order valence-electron chi connectivity index (χ4n) is 3.63. The summed E-state index contributed by atoms with van der Waals surface area (Å²) in [6.45, 7) is 6.89. The molecule has 0 saturated carbocycles. The van der Waals surface area contributed by atoms with Gasteiger partial charge in [-0.3, -0.25) is 4.98 Å². The van der Waals surface area contributed by atoms with E-state index in [4.69, 9.17) is 9.47 Å². The molecule has 7 nitrogen and oxygen atoms in total. The third-order valence-electron chi connectivity index (χ3n) is 5.42. The molecule has 0 aliphatic carbocycles. The molecule has 0 atom stereocenters. The molecule has 2 amide bonds. The van der Waals surface area contributed by atoms with Gasteiger partial charge in [0.15, 0.2) is 0 Å². The van der Waals surface area contributed by atoms with Crippen molar-refractivity contribution in [2.75, 3.05) is 17.2 Å². The van der Waals surface area contributed by atoms with Crippen LogP contribution < -0.4 is 20.1 Å². The van der Waals surface area contributed by atoms with Gasteiger partial charge in [0, 0.05) is 42.3 Å². The summed E-state index contributed by atoms with van der Waals surface area (Å²) in [5.74, 6) is 1.69. The Labute approximate surface area is 211 Å². The molecule has 4 rings (SSSR count). The van der Waals surface area contributed by atoms with Crippen molar-refractivity contribution >= 4 is 17.4 Å². The third kappa shape index (κ3) is 6.82. The second-order valence-corrected chi connectivity index (χ2v) is 9.27. The Hall–Kier alpha value is -4.39. The molecule has 2 aromatic heterocycles. The van der Waals surface area contributed by atoms with Gasteiger partial charge in [-0.25, -0.2) is 9.78 Å². The molecule has 0 aliphatic rings. The average Bonchev–Trinajstić information content (AvgIpc) is 2.86. The van der Waals surface area contributed by atoms with E-state index >= 15 is 0 Å². The summed E-state index contributed by atoms with van der Waals surface area (Å²) in [5, 5.41) is 5.68. The fraction of sp³-hybridized carbons (Fsp3) is 0.207. The van der Waals surface area contributed by atoms with Crippen LogP contribution in [-0.4, -0.2) is 22.6 Å². The largest absolute Gasteiger partial charge is 0.493 e. The maximum absolute atomic E-state index is 12.8. The molecule has 7 heteroatoms. The minimum Gasteiger partial charge on any atom is -0.493 e. The number of hydrogen-bond acceptors (Lipinski definition) is 5. The molecule has 0 unspecified atom stereocenters. The number of carbonyl (C=O) groups is 1. The first kappa shape index (κ1) is 24.7. The normalized spacial score (nSPS) is 11.0. The lowest BCUT2D eigenvalue weighted by molar-refractivity contribution is 0.262. The number of anilines is 2. The van der Waals surface area contributed by atoms with E-state index < -0.39 is 6.03 Å². The molecular weight excluding hydrogens is 452 g/mol. The Morgan fingerprint density at radius 2 is 1.69 bits per heavy atom. The zero-order valence-corrected chi connectivity index (χ0v) is 20.7. The van der Waals surface area contributed by atoms with E-state index in [2.05, 4.69) is 41.4 Å². The van der Waals surface area contributed by atoms with Gasteiger partial charge in [0.25, 0.3) is 0 Å². The van der Waals surface area contributed by atoms with Crippen molar-refractivity contribution in [3.63, 3.8) is 0 Å². The Bertz CT molecular complexity index is 1300. The molecule has 0 fully saturated rings. The second-order valence-electron chi connectivity index (χ2n) is 9.27. The Morgan fingerprint density at radius 1 is 0.889 bits per heavy atom. The summed E-state index contributed by atoms with van der Waals surface area (Å²) in [4.78, 5) is 21.1. The van der Waals surface area contributed by atoms with Gasteiger partial charge >= 0.3 is 6.03 Å². The van der Waals surface area contributed by atoms with Gasteiger partial charge in [-0.2, -0.15) is 0 Å². The summed E-state index contributed by atoms with van der Waals surface area (Å²) >= 11 is 0. The number of ether oxygens (including phenoxy) is 2. The van der Waals surface area contributed by atoms with Crippen molar-refractivity contribution in [1.82, 2.24) is 9.97 Å². The van der Waals surface area contributed by atoms with E-state index in [1.165, 1.54) is 0 Å². The van der Waals surface area contributed by atoms with Gasteiger partial charge in [0.05, 0.1) is 6.61 Å². The lowest BCUT2D eigenvalue weighted by Crippen LogP contribution is -2.20. The van der Waals surface area contributed by atoms with Crippen LogP contribution in [-0.2, 0) is 11.8 Å².